The normalized spacial score (nSPS) is 17.2. The first-order chi connectivity index (χ1) is 14.3. The van der Waals surface area contributed by atoms with Crippen LogP contribution in [0.25, 0.3) is 0 Å². The molecule has 164 valence electrons. The molecule has 0 bridgehead atoms. The van der Waals surface area contributed by atoms with Crippen LogP contribution in [-0.4, -0.2) is 66.9 Å². The monoisotopic (exact) mass is 527 g/mol. The summed E-state index contributed by atoms with van der Waals surface area (Å²) in [4.78, 5) is 9.59. The van der Waals surface area contributed by atoms with Crippen molar-refractivity contribution in [1.29, 1.82) is 0 Å². The highest BCUT2D eigenvalue weighted by Gasteiger charge is 2.20. The Kier molecular flexibility index (Phi) is 8.61. The molecule has 0 spiro atoms. The first kappa shape index (κ1) is 22.7. The molecule has 1 aromatic heterocycles. The molecule has 0 aliphatic carbocycles. The molecule has 1 saturated heterocycles. The van der Waals surface area contributed by atoms with Crippen LogP contribution in [0.5, 0.6) is 11.5 Å². The van der Waals surface area contributed by atoms with Crippen LogP contribution in [0.4, 0.5) is 0 Å². The van der Waals surface area contributed by atoms with Gasteiger partial charge < -0.3 is 24.2 Å². The van der Waals surface area contributed by atoms with E-state index in [4.69, 9.17) is 19.0 Å². The Morgan fingerprint density at radius 3 is 2.63 bits per heavy atom. The van der Waals surface area contributed by atoms with Gasteiger partial charge in [0.25, 0.3) is 0 Å². The molecule has 30 heavy (non-hydrogen) atoms. The second-order valence-electron chi connectivity index (χ2n) is 7.26. The summed E-state index contributed by atoms with van der Waals surface area (Å²) in [6, 6.07) is 8.02. The summed E-state index contributed by atoms with van der Waals surface area (Å²) in [5.41, 5.74) is 2.10. The number of nitrogens with one attached hydrogen (secondary N) is 1. The highest BCUT2D eigenvalue weighted by molar-refractivity contribution is 14.0. The fourth-order valence-electron chi connectivity index (χ4n) is 3.56. The summed E-state index contributed by atoms with van der Waals surface area (Å²) < 4.78 is 16.4. The summed E-state index contributed by atoms with van der Waals surface area (Å²) in [6.45, 7) is 9.60. The molecular weight excluding hydrogens is 497 g/mol. The second kappa shape index (κ2) is 11.4. The number of halogens is 1. The Balaban J connectivity index is 0.00000256. The Morgan fingerprint density at radius 2 is 1.90 bits per heavy atom. The number of ether oxygens (including phenoxy) is 2. The first-order valence-corrected chi connectivity index (χ1v) is 10.3. The molecule has 4 rings (SSSR count). The molecule has 0 saturated carbocycles. The largest absolute Gasteiger partial charge is 0.490 e. The average molecular weight is 527 g/mol. The van der Waals surface area contributed by atoms with Gasteiger partial charge in [-0.15, -0.1) is 24.0 Å². The van der Waals surface area contributed by atoms with Crippen molar-refractivity contribution in [2.75, 3.05) is 45.9 Å². The molecule has 2 aliphatic rings. The summed E-state index contributed by atoms with van der Waals surface area (Å²) in [7, 11) is 0. The maximum absolute atomic E-state index is 5.80. The zero-order chi connectivity index (χ0) is 19.9. The SMILES string of the molecule is CCNC(=NCc1ccc2c(c1)OCCCO2)N1CCN(Cc2ccon2)CC1.I. The van der Waals surface area contributed by atoms with Crippen molar-refractivity contribution in [1.82, 2.24) is 20.3 Å². The van der Waals surface area contributed by atoms with Crippen molar-refractivity contribution < 1.29 is 14.0 Å². The summed E-state index contributed by atoms with van der Waals surface area (Å²) >= 11 is 0. The van der Waals surface area contributed by atoms with Crippen molar-refractivity contribution >= 4 is 29.9 Å². The molecular formula is C21H30IN5O3. The van der Waals surface area contributed by atoms with Gasteiger partial charge in [-0.2, -0.15) is 0 Å². The highest BCUT2D eigenvalue weighted by Crippen LogP contribution is 2.30. The van der Waals surface area contributed by atoms with E-state index in [0.717, 1.165) is 74.4 Å². The number of nitrogens with zero attached hydrogens (tertiary/aromatic N) is 4. The van der Waals surface area contributed by atoms with E-state index in [-0.39, 0.29) is 24.0 Å². The standard InChI is InChI=1S/C21H29N5O3.HI/c1-2-22-21(26-9-7-25(8-10-26)16-18-6-13-29-24-18)23-15-17-4-5-19-20(14-17)28-12-3-11-27-19;/h4-6,13-14H,2-3,7-12,15-16H2,1H3,(H,22,23);1H. The van der Waals surface area contributed by atoms with Crippen LogP contribution >= 0.6 is 24.0 Å². The third kappa shape index (κ3) is 6.00. The number of piperazine rings is 1. The number of fused-ring (bicyclic) bond motifs is 1. The Labute approximate surface area is 194 Å². The molecule has 9 heteroatoms. The molecule has 2 aliphatic heterocycles. The van der Waals surface area contributed by atoms with Gasteiger partial charge in [-0.3, -0.25) is 4.90 Å². The van der Waals surface area contributed by atoms with Crippen molar-refractivity contribution in [3.63, 3.8) is 0 Å². The zero-order valence-electron chi connectivity index (χ0n) is 17.4. The van der Waals surface area contributed by atoms with Gasteiger partial charge in [-0.1, -0.05) is 11.2 Å². The lowest BCUT2D eigenvalue weighted by molar-refractivity contribution is 0.169. The predicted molar refractivity (Wildman–Crippen MR) is 126 cm³/mol. The Hall–Kier alpha value is -2.01. The van der Waals surface area contributed by atoms with Gasteiger partial charge in [-0.05, 0) is 24.6 Å². The van der Waals surface area contributed by atoms with E-state index in [1.807, 2.05) is 18.2 Å². The van der Waals surface area contributed by atoms with Crippen LogP contribution in [0.15, 0.2) is 40.0 Å². The van der Waals surface area contributed by atoms with Crippen LogP contribution in [0.2, 0.25) is 0 Å². The second-order valence-corrected chi connectivity index (χ2v) is 7.26. The number of guanidine groups is 1. The lowest BCUT2D eigenvalue weighted by Gasteiger charge is -2.36. The Morgan fingerprint density at radius 1 is 1.10 bits per heavy atom. The third-order valence-corrected chi connectivity index (χ3v) is 5.11. The number of hydrogen-bond acceptors (Lipinski definition) is 6. The van der Waals surface area contributed by atoms with E-state index in [0.29, 0.717) is 19.8 Å². The van der Waals surface area contributed by atoms with Crippen molar-refractivity contribution in [2.24, 2.45) is 4.99 Å². The summed E-state index contributed by atoms with van der Waals surface area (Å²) in [5, 5.41) is 7.44. The van der Waals surface area contributed by atoms with E-state index < -0.39 is 0 Å². The number of benzene rings is 1. The van der Waals surface area contributed by atoms with E-state index >= 15 is 0 Å². The third-order valence-electron chi connectivity index (χ3n) is 5.11. The van der Waals surface area contributed by atoms with E-state index in [2.05, 4.69) is 33.3 Å². The first-order valence-electron chi connectivity index (χ1n) is 10.3. The minimum Gasteiger partial charge on any atom is -0.490 e. The lowest BCUT2D eigenvalue weighted by Crippen LogP contribution is -2.52. The van der Waals surface area contributed by atoms with Crippen molar-refractivity contribution in [3.05, 3.63) is 41.8 Å². The minimum atomic E-state index is 0. The number of aliphatic imine (C=N–C) groups is 1. The van der Waals surface area contributed by atoms with E-state index in [9.17, 15) is 0 Å². The van der Waals surface area contributed by atoms with Crippen molar-refractivity contribution in [3.8, 4) is 11.5 Å². The average Bonchev–Trinajstić information content (AvgIpc) is 3.14. The zero-order valence-corrected chi connectivity index (χ0v) is 19.7. The Bertz CT molecular complexity index is 807. The maximum Gasteiger partial charge on any atom is 0.194 e. The molecule has 0 amide bonds. The molecule has 2 aromatic rings. The van der Waals surface area contributed by atoms with Crippen LogP contribution in [0.1, 0.15) is 24.6 Å². The minimum absolute atomic E-state index is 0. The fraction of sp³-hybridized carbons (Fsp3) is 0.524. The summed E-state index contributed by atoms with van der Waals surface area (Å²) in [5.74, 6) is 2.60. The van der Waals surface area contributed by atoms with Gasteiger partial charge in [0, 0.05) is 51.8 Å². The van der Waals surface area contributed by atoms with Gasteiger partial charge in [0.15, 0.2) is 17.5 Å². The highest BCUT2D eigenvalue weighted by atomic mass is 127. The molecule has 1 fully saturated rings. The predicted octanol–water partition coefficient (Wildman–Crippen LogP) is 2.74. The van der Waals surface area contributed by atoms with Gasteiger partial charge in [0.1, 0.15) is 6.26 Å². The maximum atomic E-state index is 5.80. The fourth-order valence-corrected chi connectivity index (χ4v) is 3.56. The van der Waals surface area contributed by atoms with Gasteiger partial charge in [0.2, 0.25) is 0 Å². The smallest absolute Gasteiger partial charge is 0.194 e. The quantitative estimate of drug-likeness (QED) is 0.364. The lowest BCUT2D eigenvalue weighted by atomic mass is 10.2. The molecule has 1 N–H and O–H groups in total. The molecule has 0 radical (unpaired) electrons. The van der Waals surface area contributed by atoms with Crippen LogP contribution in [0.3, 0.4) is 0 Å². The van der Waals surface area contributed by atoms with Gasteiger partial charge in [0.05, 0.1) is 25.5 Å². The van der Waals surface area contributed by atoms with Crippen LogP contribution in [0, 0.1) is 0 Å². The summed E-state index contributed by atoms with van der Waals surface area (Å²) in [6.07, 6.45) is 2.54. The number of aromatic nitrogens is 1. The van der Waals surface area contributed by atoms with Gasteiger partial charge in [-0.25, -0.2) is 4.99 Å². The molecule has 1 aromatic carbocycles. The van der Waals surface area contributed by atoms with E-state index in [1.165, 1.54) is 0 Å². The molecule has 3 heterocycles. The van der Waals surface area contributed by atoms with Gasteiger partial charge >= 0.3 is 0 Å². The molecule has 0 unspecified atom stereocenters. The van der Waals surface area contributed by atoms with Crippen LogP contribution < -0.4 is 14.8 Å². The number of rotatable bonds is 5. The molecule has 0 atom stereocenters. The molecule has 8 nitrogen and oxygen atoms in total. The number of hydrogen-bond donors (Lipinski definition) is 1. The topological polar surface area (TPSA) is 75.4 Å². The van der Waals surface area contributed by atoms with Crippen molar-refractivity contribution in [2.45, 2.75) is 26.4 Å². The van der Waals surface area contributed by atoms with Crippen LogP contribution in [-0.2, 0) is 13.1 Å². The van der Waals surface area contributed by atoms with E-state index in [1.54, 1.807) is 6.26 Å².